The first kappa shape index (κ1) is 18.2. The molecule has 25 heavy (non-hydrogen) atoms. The molecule has 0 unspecified atom stereocenters. The van der Waals surface area contributed by atoms with Gasteiger partial charge in [-0.1, -0.05) is 18.2 Å². The second-order valence-corrected chi connectivity index (χ2v) is 5.27. The van der Waals surface area contributed by atoms with Crippen molar-refractivity contribution >= 4 is 12.0 Å². The Labute approximate surface area is 145 Å². The van der Waals surface area contributed by atoms with Crippen LogP contribution in [-0.2, 0) is 13.0 Å². The number of aldehydes is 1. The number of carbonyl (C=O) groups is 1. The van der Waals surface area contributed by atoms with E-state index in [1.54, 1.807) is 30.3 Å². The van der Waals surface area contributed by atoms with E-state index in [0.29, 0.717) is 35.7 Å². The van der Waals surface area contributed by atoms with Crippen LogP contribution in [0.3, 0.4) is 0 Å². The summed E-state index contributed by atoms with van der Waals surface area (Å²) in [6.07, 6.45) is 2.96. The molecule has 0 aliphatic heterocycles. The van der Waals surface area contributed by atoms with Crippen molar-refractivity contribution in [1.82, 2.24) is 0 Å². The fourth-order valence-electron chi connectivity index (χ4n) is 2.40. The van der Waals surface area contributed by atoms with Gasteiger partial charge in [-0.05, 0) is 31.0 Å². The van der Waals surface area contributed by atoms with E-state index < -0.39 is 4.92 Å². The van der Waals surface area contributed by atoms with Crippen molar-refractivity contribution in [2.45, 2.75) is 20.0 Å². The standard InChI is InChI=1S/C19H19NO5/c1-3-6-16-9-15(12-21)11-18(24-4-2)19(16)25-13-14-7-5-8-17(10-14)20(22)23/h3,5,7-12H,1,4,6,13H2,2H3. The smallest absolute Gasteiger partial charge is 0.269 e. The molecule has 0 saturated heterocycles. The Kier molecular flexibility index (Phi) is 6.28. The molecule has 0 amide bonds. The van der Waals surface area contributed by atoms with E-state index in [-0.39, 0.29) is 12.3 Å². The predicted molar refractivity (Wildman–Crippen MR) is 94.3 cm³/mol. The molecule has 0 radical (unpaired) electrons. The Morgan fingerprint density at radius 1 is 1.24 bits per heavy atom. The van der Waals surface area contributed by atoms with Crippen molar-refractivity contribution in [3.05, 3.63) is 75.9 Å². The van der Waals surface area contributed by atoms with Crippen LogP contribution in [0, 0.1) is 10.1 Å². The zero-order valence-corrected chi connectivity index (χ0v) is 13.9. The summed E-state index contributed by atoms with van der Waals surface area (Å²) in [6.45, 7) is 6.12. The highest BCUT2D eigenvalue weighted by atomic mass is 16.6. The van der Waals surface area contributed by atoms with Crippen molar-refractivity contribution in [3.8, 4) is 11.5 Å². The monoisotopic (exact) mass is 341 g/mol. The number of carbonyl (C=O) groups excluding carboxylic acids is 1. The SMILES string of the molecule is C=CCc1cc(C=O)cc(OCC)c1OCc1cccc([N+](=O)[O-])c1. The fourth-order valence-corrected chi connectivity index (χ4v) is 2.40. The Bertz CT molecular complexity index is 785. The Morgan fingerprint density at radius 3 is 2.68 bits per heavy atom. The predicted octanol–water partition coefficient (Wildman–Crippen LogP) is 4.11. The van der Waals surface area contributed by atoms with Gasteiger partial charge in [-0.25, -0.2) is 0 Å². The molecule has 0 saturated carbocycles. The van der Waals surface area contributed by atoms with Gasteiger partial charge in [0.05, 0.1) is 11.5 Å². The van der Waals surface area contributed by atoms with Crippen molar-refractivity contribution in [3.63, 3.8) is 0 Å². The third-order valence-electron chi connectivity index (χ3n) is 3.46. The number of nitrogens with zero attached hydrogens (tertiary/aromatic N) is 1. The highest BCUT2D eigenvalue weighted by Crippen LogP contribution is 2.34. The van der Waals surface area contributed by atoms with Crippen LogP contribution in [0.1, 0.15) is 28.4 Å². The van der Waals surface area contributed by atoms with E-state index in [9.17, 15) is 14.9 Å². The summed E-state index contributed by atoms with van der Waals surface area (Å²) >= 11 is 0. The number of non-ortho nitro benzene ring substituents is 1. The maximum absolute atomic E-state index is 11.1. The Balaban J connectivity index is 2.33. The third-order valence-corrected chi connectivity index (χ3v) is 3.46. The van der Waals surface area contributed by atoms with Crippen LogP contribution in [0.4, 0.5) is 5.69 Å². The number of hydrogen-bond acceptors (Lipinski definition) is 5. The number of allylic oxidation sites excluding steroid dienone is 1. The van der Waals surface area contributed by atoms with Gasteiger partial charge in [0, 0.05) is 23.3 Å². The van der Waals surface area contributed by atoms with Gasteiger partial charge in [-0.2, -0.15) is 0 Å². The van der Waals surface area contributed by atoms with Crippen LogP contribution in [0.25, 0.3) is 0 Å². The molecule has 2 aromatic carbocycles. The van der Waals surface area contributed by atoms with Crippen molar-refractivity contribution < 1.29 is 19.2 Å². The van der Waals surface area contributed by atoms with Gasteiger partial charge in [0.15, 0.2) is 11.5 Å². The van der Waals surface area contributed by atoms with Gasteiger partial charge < -0.3 is 9.47 Å². The zero-order chi connectivity index (χ0) is 18.2. The molecule has 0 atom stereocenters. The number of hydrogen-bond donors (Lipinski definition) is 0. The molecule has 0 aliphatic carbocycles. The molecule has 6 nitrogen and oxygen atoms in total. The Morgan fingerprint density at radius 2 is 2.04 bits per heavy atom. The van der Waals surface area contributed by atoms with Crippen molar-refractivity contribution in [2.75, 3.05) is 6.61 Å². The lowest BCUT2D eigenvalue weighted by atomic mass is 10.1. The maximum Gasteiger partial charge on any atom is 0.269 e. The van der Waals surface area contributed by atoms with Gasteiger partial charge in [-0.3, -0.25) is 14.9 Å². The average molecular weight is 341 g/mol. The lowest BCUT2D eigenvalue weighted by Gasteiger charge is -2.16. The molecular formula is C19H19NO5. The normalized spacial score (nSPS) is 10.1. The van der Waals surface area contributed by atoms with Crippen LogP contribution in [0.2, 0.25) is 0 Å². The second-order valence-electron chi connectivity index (χ2n) is 5.27. The van der Waals surface area contributed by atoms with Crippen molar-refractivity contribution in [2.24, 2.45) is 0 Å². The largest absolute Gasteiger partial charge is 0.490 e. The lowest BCUT2D eigenvalue weighted by Crippen LogP contribution is -2.04. The summed E-state index contributed by atoms with van der Waals surface area (Å²) in [5.41, 5.74) is 1.94. The van der Waals surface area contributed by atoms with E-state index in [1.165, 1.54) is 12.1 Å². The average Bonchev–Trinajstić information content (AvgIpc) is 2.61. The van der Waals surface area contributed by atoms with Crippen LogP contribution in [-0.4, -0.2) is 17.8 Å². The van der Waals surface area contributed by atoms with Crippen molar-refractivity contribution in [1.29, 1.82) is 0 Å². The summed E-state index contributed by atoms with van der Waals surface area (Å²) in [5, 5.41) is 10.9. The molecule has 6 heteroatoms. The lowest BCUT2D eigenvalue weighted by molar-refractivity contribution is -0.384. The molecule has 0 spiro atoms. The van der Waals surface area contributed by atoms with Gasteiger partial charge in [0.2, 0.25) is 0 Å². The van der Waals surface area contributed by atoms with Crippen LogP contribution in [0.5, 0.6) is 11.5 Å². The first-order valence-corrected chi connectivity index (χ1v) is 7.81. The van der Waals surface area contributed by atoms with E-state index in [0.717, 1.165) is 11.8 Å². The van der Waals surface area contributed by atoms with Gasteiger partial charge in [0.25, 0.3) is 5.69 Å². The van der Waals surface area contributed by atoms with Gasteiger partial charge >= 0.3 is 0 Å². The molecule has 130 valence electrons. The van der Waals surface area contributed by atoms with E-state index in [2.05, 4.69) is 6.58 Å². The summed E-state index contributed by atoms with van der Waals surface area (Å²) in [6, 6.07) is 9.59. The summed E-state index contributed by atoms with van der Waals surface area (Å²) in [4.78, 5) is 21.6. The molecule has 0 fully saturated rings. The molecular weight excluding hydrogens is 322 g/mol. The number of nitro groups is 1. The maximum atomic E-state index is 11.1. The van der Waals surface area contributed by atoms with Gasteiger partial charge in [-0.15, -0.1) is 6.58 Å². The number of benzene rings is 2. The second kappa shape index (κ2) is 8.63. The molecule has 0 aliphatic rings. The molecule has 0 N–H and O–H groups in total. The molecule has 0 aromatic heterocycles. The number of rotatable bonds is 9. The van der Waals surface area contributed by atoms with E-state index in [4.69, 9.17) is 9.47 Å². The molecule has 0 heterocycles. The number of nitro benzene ring substituents is 1. The molecule has 2 aromatic rings. The minimum absolute atomic E-state index is 0.00810. The van der Waals surface area contributed by atoms with Gasteiger partial charge in [0.1, 0.15) is 12.9 Å². The van der Waals surface area contributed by atoms with Crippen LogP contribution < -0.4 is 9.47 Å². The summed E-state index contributed by atoms with van der Waals surface area (Å²) in [7, 11) is 0. The zero-order valence-electron chi connectivity index (χ0n) is 13.9. The molecule has 0 bridgehead atoms. The summed E-state index contributed by atoms with van der Waals surface area (Å²) in [5.74, 6) is 0.980. The highest BCUT2D eigenvalue weighted by Gasteiger charge is 2.14. The van der Waals surface area contributed by atoms with E-state index >= 15 is 0 Å². The fraction of sp³-hybridized carbons (Fsp3) is 0.211. The number of ether oxygens (including phenoxy) is 2. The molecule has 2 rings (SSSR count). The highest BCUT2D eigenvalue weighted by molar-refractivity contribution is 5.77. The summed E-state index contributed by atoms with van der Waals surface area (Å²) < 4.78 is 11.5. The van der Waals surface area contributed by atoms with Crippen LogP contribution >= 0.6 is 0 Å². The minimum atomic E-state index is -0.447. The van der Waals surface area contributed by atoms with Crippen LogP contribution in [0.15, 0.2) is 49.1 Å². The Hall–Kier alpha value is -3.15. The minimum Gasteiger partial charge on any atom is -0.490 e. The quantitative estimate of drug-likeness (QED) is 0.297. The first-order chi connectivity index (χ1) is 12.1. The topological polar surface area (TPSA) is 78.7 Å². The first-order valence-electron chi connectivity index (χ1n) is 7.81. The van der Waals surface area contributed by atoms with E-state index in [1.807, 2.05) is 6.92 Å². The third kappa shape index (κ3) is 4.67.